The van der Waals surface area contributed by atoms with Gasteiger partial charge in [0.2, 0.25) is 5.91 Å². The van der Waals surface area contributed by atoms with Crippen LogP contribution in [0.1, 0.15) is 20.3 Å². The van der Waals surface area contributed by atoms with Crippen LogP contribution in [0, 0.1) is 0 Å². The number of methoxy groups -OCH3 is 1. The van der Waals surface area contributed by atoms with Gasteiger partial charge in [-0.1, -0.05) is 13.8 Å². The molecule has 0 aliphatic carbocycles. The van der Waals surface area contributed by atoms with Crippen molar-refractivity contribution in [3.8, 4) is 5.75 Å². The van der Waals surface area contributed by atoms with Crippen LogP contribution in [0.25, 0.3) is 0 Å². The van der Waals surface area contributed by atoms with E-state index in [1.54, 1.807) is 12.1 Å². The average molecular weight is 326 g/mol. The molecule has 0 radical (unpaired) electrons. The van der Waals surface area contributed by atoms with Crippen LogP contribution in [0.2, 0.25) is 0 Å². The maximum absolute atomic E-state index is 11.5. The van der Waals surface area contributed by atoms with E-state index in [-0.39, 0.29) is 12.5 Å². The first-order valence-corrected chi connectivity index (χ1v) is 8.02. The normalized spacial score (nSPS) is 10.8. The van der Waals surface area contributed by atoms with E-state index in [2.05, 4.69) is 36.7 Å². The highest BCUT2D eigenvalue weighted by atomic mass is 32.1. The molecule has 22 heavy (non-hydrogen) atoms. The summed E-state index contributed by atoms with van der Waals surface area (Å²) in [6.07, 6.45) is 1.14. The zero-order valence-corrected chi connectivity index (χ0v) is 14.5. The monoisotopic (exact) mass is 326 g/mol. The molecular formula is C16H26N2O3S. The molecule has 6 heteroatoms. The van der Waals surface area contributed by atoms with Crippen molar-refractivity contribution < 1.29 is 14.3 Å². The van der Waals surface area contributed by atoms with E-state index in [0.717, 1.165) is 31.8 Å². The van der Waals surface area contributed by atoms with E-state index < -0.39 is 0 Å². The Labute approximate surface area is 138 Å². The number of likely N-dealkylation sites (N-methyl/N-ethyl adjacent to an activating group) is 1. The summed E-state index contributed by atoms with van der Waals surface area (Å²) < 4.78 is 10.5. The molecule has 0 spiro atoms. The molecule has 0 aliphatic heterocycles. The summed E-state index contributed by atoms with van der Waals surface area (Å²) in [6.45, 7) is 7.97. The van der Waals surface area contributed by atoms with Gasteiger partial charge >= 0.3 is 0 Å². The second-order valence-corrected chi connectivity index (χ2v) is 5.43. The Kier molecular flexibility index (Phi) is 8.96. The van der Waals surface area contributed by atoms with Crippen molar-refractivity contribution >= 4 is 24.2 Å². The van der Waals surface area contributed by atoms with E-state index in [1.165, 1.54) is 7.11 Å². The minimum Gasteiger partial charge on any atom is -0.491 e. The lowest BCUT2D eigenvalue weighted by atomic mass is 10.3. The van der Waals surface area contributed by atoms with E-state index in [4.69, 9.17) is 9.47 Å². The molecule has 0 aromatic heterocycles. The number of anilines is 1. The molecular weight excluding hydrogens is 300 g/mol. The molecule has 1 aromatic carbocycles. The summed E-state index contributed by atoms with van der Waals surface area (Å²) in [5, 5.41) is 2.73. The summed E-state index contributed by atoms with van der Waals surface area (Å²) >= 11 is 4.41. The number of nitrogens with zero attached hydrogens (tertiary/aromatic N) is 1. The number of thiol groups is 1. The second kappa shape index (κ2) is 10.5. The van der Waals surface area contributed by atoms with Gasteiger partial charge in [0.05, 0.1) is 0 Å². The fourth-order valence-corrected chi connectivity index (χ4v) is 2.35. The minimum absolute atomic E-state index is 0.0322. The molecule has 0 bridgehead atoms. The van der Waals surface area contributed by atoms with Crippen LogP contribution in [0.15, 0.2) is 23.1 Å². The van der Waals surface area contributed by atoms with Crippen LogP contribution in [-0.2, 0) is 9.53 Å². The summed E-state index contributed by atoms with van der Waals surface area (Å²) in [6, 6.07) is 5.39. The number of benzene rings is 1. The van der Waals surface area contributed by atoms with E-state index in [9.17, 15) is 4.79 Å². The van der Waals surface area contributed by atoms with Gasteiger partial charge in [-0.15, -0.1) is 12.6 Å². The molecule has 0 unspecified atom stereocenters. The predicted octanol–water partition coefficient (Wildman–Crippen LogP) is 2.67. The van der Waals surface area contributed by atoms with Crippen LogP contribution >= 0.6 is 12.6 Å². The second-order valence-electron chi connectivity index (χ2n) is 4.95. The lowest BCUT2D eigenvalue weighted by Gasteiger charge is -2.20. The molecule has 1 amide bonds. The van der Waals surface area contributed by atoms with Crippen molar-refractivity contribution in [2.75, 3.05) is 45.3 Å². The molecule has 0 saturated carbocycles. The van der Waals surface area contributed by atoms with Crippen LogP contribution < -0.4 is 10.1 Å². The molecule has 0 aliphatic rings. The van der Waals surface area contributed by atoms with Gasteiger partial charge < -0.3 is 19.7 Å². The molecule has 1 N–H and O–H groups in total. The quantitative estimate of drug-likeness (QED) is 0.649. The Balaban J connectivity index is 2.50. The third kappa shape index (κ3) is 6.68. The molecule has 0 saturated heterocycles. The van der Waals surface area contributed by atoms with Gasteiger partial charge in [0.1, 0.15) is 19.0 Å². The lowest BCUT2D eigenvalue weighted by molar-refractivity contribution is -0.119. The Bertz CT molecular complexity index is 469. The highest BCUT2D eigenvalue weighted by Crippen LogP contribution is 2.26. The van der Waals surface area contributed by atoms with Crippen molar-refractivity contribution in [1.29, 1.82) is 0 Å². The topological polar surface area (TPSA) is 50.8 Å². The number of carbonyl (C=O) groups is 1. The SMILES string of the molecule is CCCN(CC)CCOc1ccc(NC(=O)COC)cc1S. The molecule has 1 aromatic rings. The van der Waals surface area contributed by atoms with Gasteiger partial charge in [-0.05, 0) is 37.7 Å². The average Bonchev–Trinajstić information content (AvgIpc) is 2.48. The van der Waals surface area contributed by atoms with Crippen molar-refractivity contribution in [3.05, 3.63) is 18.2 Å². The molecule has 0 heterocycles. The number of hydrogen-bond acceptors (Lipinski definition) is 5. The minimum atomic E-state index is -0.193. The van der Waals surface area contributed by atoms with Crippen molar-refractivity contribution in [1.82, 2.24) is 4.90 Å². The van der Waals surface area contributed by atoms with Gasteiger partial charge in [0.15, 0.2) is 0 Å². The third-order valence-electron chi connectivity index (χ3n) is 3.17. The Morgan fingerprint density at radius 1 is 1.32 bits per heavy atom. The maximum atomic E-state index is 11.5. The highest BCUT2D eigenvalue weighted by Gasteiger charge is 2.06. The van der Waals surface area contributed by atoms with Crippen molar-refractivity contribution in [3.63, 3.8) is 0 Å². The van der Waals surface area contributed by atoms with Gasteiger partial charge in [-0.25, -0.2) is 0 Å². The number of carbonyl (C=O) groups excluding carboxylic acids is 1. The Morgan fingerprint density at radius 3 is 2.68 bits per heavy atom. The highest BCUT2D eigenvalue weighted by molar-refractivity contribution is 7.80. The smallest absolute Gasteiger partial charge is 0.250 e. The first-order valence-electron chi connectivity index (χ1n) is 7.57. The van der Waals surface area contributed by atoms with Gasteiger partial charge in [0.25, 0.3) is 0 Å². The number of hydrogen-bond donors (Lipinski definition) is 2. The lowest BCUT2D eigenvalue weighted by Crippen LogP contribution is -2.29. The fourth-order valence-electron chi connectivity index (χ4n) is 2.07. The zero-order valence-electron chi connectivity index (χ0n) is 13.6. The molecule has 0 fully saturated rings. The molecule has 124 valence electrons. The maximum Gasteiger partial charge on any atom is 0.250 e. The van der Waals surface area contributed by atoms with Crippen molar-refractivity contribution in [2.45, 2.75) is 25.2 Å². The number of rotatable bonds is 10. The number of amides is 1. The van der Waals surface area contributed by atoms with E-state index in [1.807, 2.05) is 6.07 Å². The first kappa shape index (κ1) is 18.8. The number of nitrogens with one attached hydrogen (secondary N) is 1. The largest absolute Gasteiger partial charge is 0.491 e. The predicted molar refractivity (Wildman–Crippen MR) is 92.1 cm³/mol. The summed E-state index contributed by atoms with van der Waals surface area (Å²) in [5.41, 5.74) is 0.681. The molecule has 5 nitrogen and oxygen atoms in total. The van der Waals surface area contributed by atoms with Crippen LogP contribution in [0.5, 0.6) is 5.75 Å². The number of ether oxygens (including phenoxy) is 2. The van der Waals surface area contributed by atoms with Crippen LogP contribution in [0.3, 0.4) is 0 Å². The summed E-state index contributed by atoms with van der Waals surface area (Å²) in [7, 11) is 1.48. The zero-order chi connectivity index (χ0) is 16.4. The van der Waals surface area contributed by atoms with E-state index in [0.29, 0.717) is 17.2 Å². The van der Waals surface area contributed by atoms with Gasteiger partial charge in [0, 0.05) is 24.2 Å². The Morgan fingerprint density at radius 2 is 2.09 bits per heavy atom. The van der Waals surface area contributed by atoms with Crippen molar-refractivity contribution in [2.24, 2.45) is 0 Å². The van der Waals surface area contributed by atoms with E-state index >= 15 is 0 Å². The first-order chi connectivity index (χ1) is 10.6. The standard InChI is InChI=1S/C16H26N2O3S/c1-4-8-18(5-2)9-10-21-14-7-6-13(11-15(14)22)17-16(19)12-20-3/h6-7,11,22H,4-5,8-10,12H2,1-3H3,(H,17,19). The van der Waals surface area contributed by atoms with Crippen LogP contribution in [-0.4, -0.2) is 50.8 Å². The summed E-state index contributed by atoms with van der Waals surface area (Å²) in [4.78, 5) is 14.5. The van der Waals surface area contributed by atoms with Gasteiger partial charge in [-0.3, -0.25) is 4.79 Å². The van der Waals surface area contributed by atoms with Crippen LogP contribution in [0.4, 0.5) is 5.69 Å². The van der Waals surface area contributed by atoms with Gasteiger partial charge in [-0.2, -0.15) is 0 Å². The molecule has 1 rings (SSSR count). The molecule has 0 atom stereocenters. The third-order valence-corrected chi connectivity index (χ3v) is 3.52. The fraction of sp³-hybridized carbons (Fsp3) is 0.562. The summed E-state index contributed by atoms with van der Waals surface area (Å²) in [5.74, 6) is 0.530. The Hall–Kier alpha value is -1.24.